The zero-order chi connectivity index (χ0) is 15.7. The van der Waals surface area contributed by atoms with E-state index in [0.717, 1.165) is 24.8 Å². The standard InChI is InChI=1S/C17H20N2O3/c1-22-17(13-5-2-4-12(8-13)9-18)14-6-3-7-15(17)11-19(10-14)16(20)21/h2,4-5,8,14-15H,3,6-7,10-11H2,1H3,(H,20,21). The number of methoxy groups -OCH3 is 1. The highest BCUT2D eigenvalue weighted by Gasteiger charge is 2.54. The minimum absolute atomic E-state index is 0.134. The van der Waals surface area contributed by atoms with Crippen LogP contribution in [-0.4, -0.2) is 36.3 Å². The van der Waals surface area contributed by atoms with Gasteiger partial charge in [0.25, 0.3) is 0 Å². The summed E-state index contributed by atoms with van der Waals surface area (Å²) < 4.78 is 6.03. The van der Waals surface area contributed by atoms with Crippen molar-refractivity contribution in [3.63, 3.8) is 0 Å². The average Bonchev–Trinajstić information content (AvgIpc) is 2.53. The Kier molecular flexibility index (Phi) is 3.79. The Hall–Kier alpha value is -2.06. The molecule has 2 aliphatic rings. The van der Waals surface area contributed by atoms with Gasteiger partial charge in [0.15, 0.2) is 0 Å². The van der Waals surface area contributed by atoms with Crippen molar-refractivity contribution in [2.45, 2.75) is 24.9 Å². The number of hydrogen-bond acceptors (Lipinski definition) is 3. The molecule has 5 nitrogen and oxygen atoms in total. The third-order valence-corrected chi connectivity index (χ3v) is 5.25. The van der Waals surface area contributed by atoms with E-state index in [-0.39, 0.29) is 11.8 Å². The minimum Gasteiger partial charge on any atom is -0.465 e. The van der Waals surface area contributed by atoms with E-state index in [1.54, 1.807) is 13.2 Å². The first-order valence-corrected chi connectivity index (χ1v) is 7.65. The number of piperidine rings is 1. The van der Waals surface area contributed by atoms with Gasteiger partial charge in [0.1, 0.15) is 5.60 Å². The molecular weight excluding hydrogens is 280 g/mol. The fourth-order valence-corrected chi connectivity index (χ4v) is 4.34. The molecule has 1 aromatic carbocycles. The lowest BCUT2D eigenvalue weighted by molar-refractivity contribution is -0.163. The van der Waals surface area contributed by atoms with E-state index in [0.29, 0.717) is 18.7 Å². The van der Waals surface area contributed by atoms with E-state index in [1.165, 1.54) is 4.90 Å². The second-order valence-corrected chi connectivity index (χ2v) is 6.20. The maximum atomic E-state index is 11.4. The number of ether oxygens (including phenoxy) is 1. The predicted molar refractivity (Wildman–Crippen MR) is 80.3 cm³/mol. The third kappa shape index (κ3) is 2.15. The summed E-state index contributed by atoms with van der Waals surface area (Å²) in [6.45, 7) is 0.993. The molecule has 0 spiro atoms. The highest BCUT2D eigenvalue weighted by Crippen LogP contribution is 2.51. The van der Waals surface area contributed by atoms with Gasteiger partial charge in [-0.1, -0.05) is 18.6 Å². The monoisotopic (exact) mass is 300 g/mol. The molecular formula is C17H20N2O3. The van der Waals surface area contributed by atoms with Crippen LogP contribution in [0.5, 0.6) is 0 Å². The van der Waals surface area contributed by atoms with Crippen molar-refractivity contribution >= 4 is 6.09 Å². The number of carboxylic acid groups (broad SMARTS) is 1. The van der Waals surface area contributed by atoms with Gasteiger partial charge in [0.2, 0.25) is 0 Å². The van der Waals surface area contributed by atoms with Crippen LogP contribution in [0.2, 0.25) is 0 Å². The molecule has 2 unspecified atom stereocenters. The fourth-order valence-electron chi connectivity index (χ4n) is 4.34. The van der Waals surface area contributed by atoms with Crippen molar-refractivity contribution in [2.24, 2.45) is 11.8 Å². The molecule has 1 aliphatic heterocycles. The van der Waals surface area contributed by atoms with E-state index in [1.807, 2.05) is 18.2 Å². The molecule has 3 rings (SSSR count). The van der Waals surface area contributed by atoms with Crippen LogP contribution in [0.3, 0.4) is 0 Å². The lowest BCUT2D eigenvalue weighted by atomic mass is 9.62. The zero-order valence-electron chi connectivity index (χ0n) is 12.7. The van der Waals surface area contributed by atoms with Gasteiger partial charge in [-0.2, -0.15) is 5.26 Å². The number of likely N-dealkylation sites (tertiary alicyclic amines) is 1. The first-order valence-electron chi connectivity index (χ1n) is 7.65. The number of fused-ring (bicyclic) bond motifs is 2. The van der Waals surface area contributed by atoms with E-state index >= 15 is 0 Å². The quantitative estimate of drug-likeness (QED) is 0.911. The van der Waals surface area contributed by atoms with Crippen LogP contribution in [0.4, 0.5) is 4.79 Å². The first-order chi connectivity index (χ1) is 10.6. The number of benzene rings is 1. The van der Waals surface area contributed by atoms with Crippen LogP contribution >= 0.6 is 0 Å². The molecule has 2 atom stereocenters. The van der Waals surface area contributed by atoms with Crippen LogP contribution in [0.1, 0.15) is 30.4 Å². The van der Waals surface area contributed by atoms with Crippen molar-refractivity contribution < 1.29 is 14.6 Å². The van der Waals surface area contributed by atoms with Crippen molar-refractivity contribution in [1.82, 2.24) is 4.90 Å². The Balaban J connectivity index is 2.05. The summed E-state index contributed by atoms with van der Waals surface area (Å²) in [6.07, 6.45) is 2.15. The summed E-state index contributed by atoms with van der Waals surface area (Å²) >= 11 is 0. The van der Waals surface area contributed by atoms with E-state index in [2.05, 4.69) is 6.07 Å². The smallest absolute Gasteiger partial charge is 0.407 e. The minimum atomic E-state index is -0.854. The number of hydrogen-bond donors (Lipinski definition) is 1. The van der Waals surface area contributed by atoms with Gasteiger partial charge in [0.05, 0.1) is 11.6 Å². The number of carbonyl (C=O) groups is 1. The second kappa shape index (κ2) is 5.62. The lowest BCUT2D eigenvalue weighted by Crippen LogP contribution is -2.59. The first kappa shape index (κ1) is 14.9. The maximum Gasteiger partial charge on any atom is 0.407 e. The Morgan fingerprint density at radius 2 is 2.09 bits per heavy atom. The lowest BCUT2D eigenvalue weighted by Gasteiger charge is -2.54. The highest BCUT2D eigenvalue weighted by atomic mass is 16.5. The molecule has 1 amide bonds. The largest absolute Gasteiger partial charge is 0.465 e. The molecule has 1 heterocycles. The number of nitrogens with zero attached hydrogens (tertiary/aromatic N) is 2. The van der Waals surface area contributed by atoms with E-state index in [9.17, 15) is 9.90 Å². The molecule has 116 valence electrons. The van der Waals surface area contributed by atoms with Gasteiger partial charge >= 0.3 is 6.09 Å². The summed E-state index contributed by atoms with van der Waals surface area (Å²) in [5.41, 5.74) is 1.15. The van der Waals surface area contributed by atoms with Gasteiger partial charge in [-0.3, -0.25) is 0 Å². The highest BCUT2D eigenvalue weighted by molar-refractivity contribution is 5.65. The normalized spacial score (nSPS) is 30.6. The molecule has 0 radical (unpaired) electrons. The third-order valence-electron chi connectivity index (χ3n) is 5.25. The molecule has 2 bridgehead atoms. The van der Waals surface area contributed by atoms with Crippen molar-refractivity contribution in [2.75, 3.05) is 20.2 Å². The van der Waals surface area contributed by atoms with Crippen molar-refractivity contribution in [3.05, 3.63) is 35.4 Å². The molecule has 1 aliphatic carbocycles. The number of nitriles is 1. The molecule has 22 heavy (non-hydrogen) atoms. The Morgan fingerprint density at radius 3 is 2.64 bits per heavy atom. The molecule has 1 aromatic rings. The van der Waals surface area contributed by atoms with Crippen LogP contribution in [0.25, 0.3) is 0 Å². The number of rotatable bonds is 2. The van der Waals surface area contributed by atoms with Crippen LogP contribution in [0, 0.1) is 23.2 Å². The van der Waals surface area contributed by atoms with Crippen LogP contribution < -0.4 is 0 Å². The van der Waals surface area contributed by atoms with E-state index in [4.69, 9.17) is 10.00 Å². The van der Waals surface area contributed by atoms with Gasteiger partial charge in [-0.05, 0) is 30.5 Å². The summed E-state index contributed by atoms with van der Waals surface area (Å²) in [5, 5.41) is 18.5. The average molecular weight is 300 g/mol. The Morgan fingerprint density at radius 1 is 1.41 bits per heavy atom. The van der Waals surface area contributed by atoms with Crippen LogP contribution in [-0.2, 0) is 10.3 Å². The van der Waals surface area contributed by atoms with Crippen LogP contribution in [0.15, 0.2) is 24.3 Å². The maximum absolute atomic E-state index is 11.4. The Bertz CT molecular complexity index is 609. The summed E-state index contributed by atoms with van der Waals surface area (Å²) in [6, 6.07) is 9.75. The summed E-state index contributed by atoms with van der Waals surface area (Å²) in [4.78, 5) is 12.9. The van der Waals surface area contributed by atoms with Gasteiger partial charge in [0, 0.05) is 32.0 Å². The van der Waals surface area contributed by atoms with Crippen molar-refractivity contribution in [1.29, 1.82) is 5.26 Å². The zero-order valence-corrected chi connectivity index (χ0v) is 12.7. The fraction of sp³-hybridized carbons (Fsp3) is 0.529. The summed E-state index contributed by atoms with van der Waals surface area (Å²) in [5.74, 6) is 0.269. The molecule has 0 aromatic heterocycles. The molecule has 1 saturated heterocycles. The summed E-state index contributed by atoms with van der Waals surface area (Å²) in [7, 11) is 1.71. The predicted octanol–water partition coefficient (Wildman–Crippen LogP) is 2.81. The van der Waals surface area contributed by atoms with E-state index < -0.39 is 11.7 Å². The van der Waals surface area contributed by atoms with Crippen molar-refractivity contribution in [3.8, 4) is 6.07 Å². The molecule has 5 heteroatoms. The molecule has 2 fully saturated rings. The molecule has 1 N–H and O–H groups in total. The topological polar surface area (TPSA) is 73.6 Å². The van der Waals surface area contributed by atoms with Gasteiger partial charge in [-0.25, -0.2) is 4.79 Å². The number of amides is 1. The SMILES string of the molecule is COC1(c2cccc(C#N)c2)C2CCCC1CN(C(=O)O)C2. The van der Waals surface area contributed by atoms with Gasteiger partial charge < -0.3 is 14.7 Å². The van der Waals surface area contributed by atoms with Gasteiger partial charge in [-0.15, -0.1) is 0 Å². The Labute approximate surface area is 130 Å². The molecule has 1 saturated carbocycles. The second-order valence-electron chi connectivity index (χ2n) is 6.20.